The number of rotatable bonds is 13. The van der Waals surface area contributed by atoms with E-state index in [1.54, 1.807) is 0 Å². The number of benzene rings is 9. The zero-order valence-corrected chi connectivity index (χ0v) is 52.8. The lowest BCUT2D eigenvalue weighted by Crippen LogP contribution is -2.92. The molecule has 4 radical (unpaired) electrons. The number of fused-ring (bicyclic) bond motifs is 4. The van der Waals surface area contributed by atoms with Gasteiger partial charge in [0.1, 0.15) is 0 Å². The number of nitrogens with two attached hydrogens (primary N) is 2. The van der Waals surface area contributed by atoms with Crippen molar-refractivity contribution >= 4 is 148 Å². The Balaban J connectivity index is 1.20. The highest BCUT2D eigenvalue weighted by molar-refractivity contribution is 7.11. The van der Waals surface area contributed by atoms with Crippen LogP contribution in [0.5, 0.6) is 0 Å². The standard InChI is InChI=1S/C55H50N2O13Si10/c1-73(54-41-23-25-45(56)43-54,55-42-24-26-46(57)44-55)61-80(58-71-47-27-9-2-10-28-47)69-78(52-37-19-7-20-38-52)64-74(48-29-11-3-12-30-48)59-72-60-75(49-31-13-4-14-32-49)63-76(62-74,50-33-15-5-16-34-50)66-77(67-78,51-35-17-6-18-36-51)68-79(65-75,70-80)53-39-21-8-22-40-53/h2-44H,56-57H2,1H3. The van der Waals surface area contributed by atoms with E-state index in [9.17, 15) is 0 Å². The first-order valence-corrected chi connectivity index (χ1v) is 41.8. The van der Waals surface area contributed by atoms with Gasteiger partial charge in [-0.3, -0.25) is 0 Å². The molecular weight excluding hydrogens is 1180 g/mol. The molecule has 9 aromatic rings. The Kier molecular flexibility index (Phi) is 14.4. The maximum Gasteiger partial charge on any atom is 0.644 e. The average Bonchev–Trinajstić information content (AvgIpc) is 3.61. The van der Waals surface area contributed by atoms with Crippen LogP contribution >= 0.6 is 0 Å². The van der Waals surface area contributed by atoms with Crippen LogP contribution in [0.1, 0.15) is 0 Å². The van der Waals surface area contributed by atoms with E-state index in [-0.39, 0.29) is 0 Å². The first kappa shape index (κ1) is 53.5. The minimum Gasteiger partial charge on any atom is -0.399 e. The predicted molar refractivity (Wildman–Crippen MR) is 321 cm³/mol. The van der Waals surface area contributed by atoms with Gasteiger partial charge < -0.3 is 65.0 Å². The molecule has 398 valence electrons. The van der Waals surface area contributed by atoms with Crippen molar-refractivity contribution in [3.05, 3.63) is 261 Å². The lowest BCUT2D eigenvalue weighted by molar-refractivity contribution is 0.0120. The molecule has 4 unspecified atom stereocenters. The summed E-state index contributed by atoms with van der Waals surface area (Å²) in [6.45, 7) is 2.04. The van der Waals surface area contributed by atoms with Gasteiger partial charge >= 0.3 is 71.9 Å². The van der Waals surface area contributed by atoms with Gasteiger partial charge in [0.15, 0.2) is 0 Å². The summed E-state index contributed by atoms with van der Waals surface area (Å²) in [6.07, 6.45) is 0. The van der Waals surface area contributed by atoms with Gasteiger partial charge in [0.05, 0.1) is 0 Å². The van der Waals surface area contributed by atoms with Crippen molar-refractivity contribution in [2.24, 2.45) is 0 Å². The van der Waals surface area contributed by atoms with Gasteiger partial charge in [-0.05, 0) is 46.4 Å². The third-order valence-corrected chi connectivity index (χ3v) is 49.5. The van der Waals surface area contributed by atoms with Crippen LogP contribution in [-0.2, 0) is 53.5 Å². The van der Waals surface area contributed by atoms with Gasteiger partial charge in [0.25, 0.3) is 9.76 Å². The molecular formula is C55H50N2O13Si10. The largest absolute Gasteiger partial charge is 0.644 e. The van der Waals surface area contributed by atoms with Crippen LogP contribution in [0.15, 0.2) is 261 Å². The number of hydrogen-bond donors (Lipinski definition) is 2. The Labute approximate surface area is 477 Å². The summed E-state index contributed by atoms with van der Waals surface area (Å²) in [4.78, 5) is 0. The van der Waals surface area contributed by atoms with E-state index >= 15 is 0 Å². The van der Waals surface area contributed by atoms with Gasteiger partial charge in [-0.1, -0.05) is 237 Å². The zero-order valence-electron chi connectivity index (χ0n) is 42.8. The maximum absolute atomic E-state index is 8.28. The van der Waals surface area contributed by atoms with Crippen LogP contribution in [-0.4, -0.2) is 90.0 Å². The molecule has 0 spiro atoms. The molecule has 0 aliphatic carbocycles. The van der Waals surface area contributed by atoms with E-state index in [0.717, 1.165) is 15.6 Å². The Hall–Kier alpha value is -5.77. The minimum absolute atomic E-state index is 0.461. The number of hydrogen-bond acceptors (Lipinski definition) is 15. The molecule has 4 aliphatic rings. The topological polar surface area (TPSA) is 172 Å². The van der Waals surface area contributed by atoms with Crippen molar-refractivity contribution in [3.63, 3.8) is 0 Å². The van der Waals surface area contributed by atoms with Crippen molar-refractivity contribution in [1.82, 2.24) is 0 Å². The van der Waals surface area contributed by atoms with Crippen LogP contribution in [0.4, 0.5) is 11.4 Å². The second kappa shape index (κ2) is 21.5. The molecule has 4 heterocycles. The fourth-order valence-electron chi connectivity index (χ4n) is 9.95. The second-order valence-electron chi connectivity index (χ2n) is 19.2. The zero-order chi connectivity index (χ0) is 54.4. The lowest BCUT2D eigenvalue weighted by atomic mass is 10.3. The van der Waals surface area contributed by atoms with E-state index in [1.807, 2.05) is 267 Å². The van der Waals surface area contributed by atoms with E-state index in [2.05, 4.69) is 0 Å². The van der Waals surface area contributed by atoms with E-state index in [0.29, 0.717) is 42.5 Å². The first-order valence-electron chi connectivity index (χ1n) is 25.7. The van der Waals surface area contributed by atoms with Gasteiger partial charge in [0, 0.05) is 42.5 Å². The van der Waals surface area contributed by atoms with Crippen LogP contribution in [0, 0.1) is 0 Å². The van der Waals surface area contributed by atoms with Crippen molar-refractivity contribution in [2.75, 3.05) is 11.5 Å². The summed E-state index contributed by atoms with van der Waals surface area (Å²) in [5.74, 6) is 0. The quantitative estimate of drug-likeness (QED) is 0.128. The average molecular weight is 1230 g/mol. The normalized spacial score (nSPS) is 28.3. The van der Waals surface area contributed by atoms with Crippen molar-refractivity contribution in [1.29, 1.82) is 0 Å². The molecule has 4 atom stereocenters. The summed E-state index contributed by atoms with van der Waals surface area (Å²) in [5, 5.41) is 5.32. The highest BCUT2D eigenvalue weighted by Crippen LogP contribution is 2.44. The van der Waals surface area contributed by atoms with Gasteiger partial charge in [0.2, 0.25) is 8.32 Å². The third kappa shape index (κ3) is 9.92. The van der Waals surface area contributed by atoms with E-state index in [4.69, 9.17) is 65.0 Å². The molecule has 0 amide bonds. The van der Waals surface area contributed by atoms with Crippen molar-refractivity contribution in [3.8, 4) is 0 Å². The molecule has 15 nitrogen and oxygen atoms in total. The molecule has 4 fully saturated rings. The summed E-state index contributed by atoms with van der Waals surface area (Å²) < 4.78 is 104. The Morgan fingerprint density at radius 3 is 0.963 bits per heavy atom. The molecule has 4 aliphatic heterocycles. The SMILES string of the molecule is C[Si](O[Si]1(O[Si]c2ccccc2)O[Si]2(c3ccccc3)O[Si]3(c4ccccc4)O[Si]O[Si]4(c5ccccc5)O[Si](c5ccccc5)(O1)O[Si](c1ccccc1)(O2)O[Si](c1ccccc1)(O3)O4)(c1cccc(N)c1)c1cccc(N)c1. The van der Waals surface area contributed by atoms with Crippen LogP contribution in [0.25, 0.3) is 0 Å². The van der Waals surface area contributed by atoms with Crippen molar-refractivity contribution < 1.29 is 53.5 Å². The molecule has 4 saturated heterocycles. The van der Waals surface area contributed by atoms with Gasteiger partial charge in [-0.15, -0.1) is 0 Å². The summed E-state index contributed by atoms with van der Waals surface area (Å²) >= 11 is 0. The highest BCUT2D eigenvalue weighted by Gasteiger charge is 2.82. The van der Waals surface area contributed by atoms with Gasteiger partial charge in [-0.2, -0.15) is 0 Å². The van der Waals surface area contributed by atoms with Gasteiger partial charge in [-0.25, -0.2) is 0 Å². The smallest absolute Gasteiger partial charge is 0.399 e. The van der Waals surface area contributed by atoms with Crippen molar-refractivity contribution in [2.45, 2.75) is 6.55 Å². The highest BCUT2D eigenvalue weighted by atomic mass is 28.6. The summed E-state index contributed by atoms with van der Waals surface area (Å²) in [6, 6.07) is 81.8. The molecule has 6 bridgehead atoms. The fraction of sp³-hybridized carbons (Fsp3) is 0.0182. The van der Waals surface area contributed by atoms with E-state index < -0.39 is 90.0 Å². The first-order chi connectivity index (χ1) is 39.0. The maximum atomic E-state index is 8.28. The number of nitrogen functional groups attached to an aromatic ring is 2. The molecule has 80 heavy (non-hydrogen) atoms. The third-order valence-electron chi connectivity index (χ3n) is 13.8. The minimum atomic E-state index is -5.31. The predicted octanol–water partition coefficient (Wildman–Crippen LogP) is 2.80. The Bertz CT molecular complexity index is 3460. The monoisotopic (exact) mass is 1230 g/mol. The number of anilines is 2. The molecule has 9 aromatic carbocycles. The molecule has 0 aromatic heterocycles. The molecule has 0 saturated carbocycles. The lowest BCUT2D eigenvalue weighted by Gasteiger charge is -2.58. The molecule has 13 rings (SSSR count). The molecule has 4 N–H and O–H groups in total. The summed E-state index contributed by atoms with van der Waals surface area (Å²) in [5.41, 5.74) is 14.5. The fourth-order valence-corrected chi connectivity index (χ4v) is 55.3. The second-order valence-corrected chi connectivity index (χ2v) is 45.1. The van der Waals surface area contributed by atoms with Crippen LogP contribution in [0.2, 0.25) is 6.55 Å². The Morgan fingerprint density at radius 1 is 0.350 bits per heavy atom. The van der Waals surface area contributed by atoms with E-state index in [1.165, 1.54) is 0 Å². The van der Waals surface area contributed by atoms with Crippen LogP contribution in [0.3, 0.4) is 0 Å². The Morgan fingerprint density at radius 2 is 0.637 bits per heavy atom. The summed E-state index contributed by atoms with van der Waals surface area (Å²) in [7, 11) is -39.8. The molecule has 25 heteroatoms. The van der Waals surface area contributed by atoms with Crippen LogP contribution < -0.4 is 58.1 Å².